The molecule has 1 aliphatic rings. The molecule has 0 unspecified atom stereocenters. The predicted molar refractivity (Wildman–Crippen MR) is 88.0 cm³/mol. The molecule has 0 aromatic heterocycles. The van der Waals surface area contributed by atoms with E-state index in [1.165, 1.54) is 11.1 Å². The average molecular weight is 286 g/mol. The van der Waals surface area contributed by atoms with E-state index in [1.807, 2.05) is 6.07 Å². The van der Waals surface area contributed by atoms with Gasteiger partial charge in [0.2, 0.25) is 5.91 Å². The predicted octanol–water partition coefficient (Wildman–Crippen LogP) is 3.08. The van der Waals surface area contributed by atoms with E-state index < -0.39 is 0 Å². The van der Waals surface area contributed by atoms with Crippen molar-refractivity contribution < 1.29 is 4.79 Å². The molecule has 21 heavy (non-hydrogen) atoms. The lowest BCUT2D eigenvalue weighted by atomic mass is 9.99. The Kier molecular flexibility index (Phi) is 5.18. The molecule has 0 aliphatic carbocycles. The summed E-state index contributed by atoms with van der Waals surface area (Å²) < 4.78 is 0. The molecule has 2 rings (SSSR count). The van der Waals surface area contributed by atoms with Crippen LogP contribution in [-0.4, -0.2) is 36.0 Å². The summed E-state index contributed by atoms with van der Waals surface area (Å²) in [5.41, 5.74) is 2.58. The quantitative estimate of drug-likeness (QED) is 0.902. The van der Waals surface area contributed by atoms with Crippen molar-refractivity contribution >= 4 is 11.5 Å². The number of nitrogens with one attached hydrogen (secondary N) is 1. The van der Waals surface area contributed by atoms with Crippen LogP contribution < -0.4 is 5.32 Å². The molecule has 1 N–H and O–H groups in total. The Hall–Kier alpha value is -1.61. The van der Waals surface area contributed by atoms with Gasteiger partial charge in [0, 0.05) is 18.6 Å². The van der Waals surface area contributed by atoms with E-state index in [0.29, 0.717) is 6.54 Å². The molecular weight excluding hydrogens is 260 g/mol. The van der Waals surface area contributed by atoms with Gasteiger partial charge in [-0.15, -0.1) is 0 Å². The summed E-state index contributed by atoms with van der Waals surface area (Å²) in [4.78, 5) is 14.3. The third-order valence-electron chi connectivity index (χ3n) is 4.17. The number of hydrogen-bond acceptors (Lipinski definition) is 2. The van der Waals surface area contributed by atoms with E-state index in [-0.39, 0.29) is 11.4 Å². The molecule has 1 aliphatic heterocycles. The lowest BCUT2D eigenvalue weighted by Crippen LogP contribution is -2.48. The maximum absolute atomic E-state index is 12.1. The smallest absolute Gasteiger partial charge is 0.234 e. The lowest BCUT2D eigenvalue weighted by molar-refractivity contribution is -0.123. The summed E-state index contributed by atoms with van der Waals surface area (Å²) in [5.74, 6) is 0.124. The van der Waals surface area contributed by atoms with E-state index >= 15 is 0 Å². The maximum Gasteiger partial charge on any atom is 0.234 e. The monoisotopic (exact) mass is 286 g/mol. The van der Waals surface area contributed by atoms with Gasteiger partial charge >= 0.3 is 0 Å². The number of rotatable bonds is 5. The van der Waals surface area contributed by atoms with Crippen LogP contribution in [0.25, 0.3) is 5.57 Å². The van der Waals surface area contributed by atoms with Gasteiger partial charge in [-0.2, -0.15) is 0 Å². The van der Waals surface area contributed by atoms with Crippen LogP contribution in [-0.2, 0) is 4.79 Å². The summed E-state index contributed by atoms with van der Waals surface area (Å²) in [6.45, 7) is 8.51. The van der Waals surface area contributed by atoms with Crippen molar-refractivity contribution in [2.45, 2.75) is 39.2 Å². The third-order valence-corrected chi connectivity index (χ3v) is 4.17. The molecule has 3 heteroatoms. The zero-order chi connectivity index (χ0) is 15.3. The fourth-order valence-corrected chi connectivity index (χ4v) is 2.48. The van der Waals surface area contributed by atoms with Gasteiger partial charge in [0.15, 0.2) is 0 Å². The van der Waals surface area contributed by atoms with E-state index in [4.69, 9.17) is 0 Å². The highest BCUT2D eigenvalue weighted by atomic mass is 16.2. The zero-order valence-corrected chi connectivity index (χ0v) is 13.4. The molecule has 0 fully saturated rings. The largest absolute Gasteiger partial charge is 0.350 e. The summed E-state index contributed by atoms with van der Waals surface area (Å²) in [5, 5.41) is 3.09. The Morgan fingerprint density at radius 1 is 1.29 bits per heavy atom. The molecule has 3 nitrogen and oxygen atoms in total. The molecule has 0 atom stereocenters. The second kappa shape index (κ2) is 6.90. The van der Waals surface area contributed by atoms with Crippen molar-refractivity contribution in [1.82, 2.24) is 10.2 Å². The number of hydrogen-bond donors (Lipinski definition) is 1. The molecular formula is C18H26N2O. The van der Waals surface area contributed by atoms with Gasteiger partial charge < -0.3 is 5.32 Å². The molecule has 1 amide bonds. The number of carbonyl (C=O) groups excluding carboxylic acids is 1. The van der Waals surface area contributed by atoms with E-state index in [2.05, 4.69) is 61.3 Å². The molecule has 0 spiro atoms. The highest BCUT2D eigenvalue weighted by Gasteiger charge is 2.20. The minimum atomic E-state index is -0.113. The topological polar surface area (TPSA) is 32.3 Å². The summed E-state index contributed by atoms with van der Waals surface area (Å²) in [6.07, 6.45) is 4.20. The SMILES string of the molecule is CCC(C)(C)NC(=O)CN1CC=C(c2ccccc2)CC1. The fourth-order valence-electron chi connectivity index (χ4n) is 2.48. The van der Waals surface area contributed by atoms with E-state index in [1.54, 1.807) is 0 Å². The van der Waals surface area contributed by atoms with Crippen molar-refractivity contribution in [3.63, 3.8) is 0 Å². The van der Waals surface area contributed by atoms with Crippen LogP contribution in [0, 0.1) is 0 Å². The van der Waals surface area contributed by atoms with Gasteiger partial charge in [-0.3, -0.25) is 9.69 Å². The standard InChI is InChI=1S/C18H26N2O/c1-4-18(2,3)19-17(21)14-20-12-10-16(11-13-20)15-8-6-5-7-9-15/h5-10H,4,11-14H2,1-3H3,(H,19,21). The first kappa shape index (κ1) is 15.8. The minimum Gasteiger partial charge on any atom is -0.350 e. The van der Waals surface area contributed by atoms with Crippen molar-refractivity contribution in [2.75, 3.05) is 19.6 Å². The second-order valence-electron chi connectivity index (χ2n) is 6.37. The average Bonchev–Trinajstić information content (AvgIpc) is 2.48. The molecule has 0 radical (unpaired) electrons. The molecule has 1 aromatic carbocycles. The van der Waals surface area contributed by atoms with Crippen LogP contribution in [0.3, 0.4) is 0 Å². The van der Waals surface area contributed by atoms with Crippen molar-refractivity contribution in [1.29, 1.82) is 0 Å². The number of carbonyl (C=O) groups is 1. The van der Waals surface area contributed by atoms with Crippen LogP contribution in [0.5, 0.6) is 0 Å². The van der Waals surface area contributed by atoms with Gasteiger partial charge in [0.1, 0.15) is 0 Å². The number of amides is 1. The molecule has 0 saturated heterocycles. The molecule has 1 heterocycles. The Morgan fingerprint density at radius 2 is 2.00 bits per heavy atom. The minimum absolute atomic E-state index is 0.113. The van der Waals surface area contributed by atoms with Gasteiger partial charge in [-0.1, -0.05) is 43.3 Å². The van der Waals surface area contributed by atoms with Crippen LogP contribution in [0.4, 0.5) is 0 Å². The van der Waals surface area contributed by atoms with Crippen molar-refractivity contribution in [3.05, 3.63) is 42.0 Å². The molecule has 1 aromatic rings. The molecule has 114 valence electrons. The summed E-state index contributed by atoms with van der Waals surface area (Å²) in [6, 6.07) is 10.5. The Bertz CT molecular complexity index is 505. The van der Waals surface area contributed by atoms with Crippen LogP contribution in [0.2, 0.25) is 0 Å². The van der Waals surface area contributed by atoms with Crippen LogP contribution >= 0.6 is 0 Å². The maximum atomic E-state index is 12.1. The molecule has 0 saturated carbocycles. The van der Waals surface area contributed by atoms with E-state index in [0.717, 1.165) is 25.9 Å². The summed E-state index contributed by atoms with van der Waals surface area (Å²) >= 11 is 0. The Balaban J connectivity index is 1.87. The Labute approximate surface area is 128 Å². The highest BCUT2D eigenvalue weighted by Crippen LogP contribution is 2.21. The number of benzene rings is 1. The summed E-state index contributed by atoms with van der Waals surface area (Å²) in [7, 11) is 0. The number of nitrogens with zero attached hydrogens (tertiary/aromatic N) is 1. The normalized spacial score (nSPS) is 16.4. The molecule has 0 bridgehead atoms. The highest BCUT2D eigenvalue weighted by molar-refractivity contribution is 5.79. The van der Waals surface area contributed by atoms with Crippen molar-refractivity contribution in [2.24, 2.45) is 0 Å². The second-order valence-corrected chi connectivity index (χ2v) is 6.37. The van der Waals surface area contributed by atoms with Crippen molar-refractivity contribution in [3.8, 4) is 0 Å². The third kappa shape index (κ3) is 4.71. The van der Waals surface area contributed by atoms with Crippen LogP contribution in [0.15, 0.2) is 36.4 Å². The first-order chi connectivity index (χ1) is 10.00. The Morgan fingerprint density at radius 3 is 2.57 bits per heavy atom. The zero-order valence-electron chi connectivity index (χ0n) is 13.4. The fraction of sp³-hybridized carbons (Fsp3) is 0.500. The van der Waals surface area contributed by atoms with Crippen LogP contribution in [0.1, 0.15) is 39.2 Å². The van der Waals surface area contributed by atoms with Gasteiger partial charge in [-0.05, 0) is 37.8 Å². The van der Waals surface area contributed by atoms with Gasteiger partial charge in [0.25, 0.3) is 0 Å². The lowest BCUT2D eigenvalue weighted by Gasteiger charge is -2.29. The first-order valence-electron chi connectivity index (χ1n) is 7.78. The van der Waals surface area contributed by atoms with Gasteiger partial charge in [-0.25, -0.2) is 0 Å². The first-order valence-corrected chi connectivity index (χ1v) is 7.78. The van der Waals surface area contributed by atoms with Gasteiger partial charge in [0.05, 0.1) is 6.54 Å². The van der Waals surface area contributed by atoms with E-state index in [9.17, 15) is 4.79 Å².